The summed E-state index contributed by atoms with van der Waals surface area (Å²) >= 11 is 1.82. The number of methoxy groups -OCH3 is 1. The van der Waals surface area contributed by atoms with Crippen LogP contribution in [0.15, 0.2) is 12.1 Å². The molecule has 0 spiro atoms. The van der Waals surface area contributed by atoms with Crippen molar-refractivity contribution in [1.82, 2.24) is 5.32 Å². The maximum absolute atomic E-state index is 5.42. The van der Waals surface area contributed by atoms with E-state index < -0.39 is 0 Å². The van der Waals surface area contributed by atoms with Gasteiger partial charge < -0.3 is 10.1 Å². The Hall–Kier alpha value is -0.380. The molecule has 1 atom stereocenters. The zero-order valence-corrected chi connectivity index (χ0v) is 9.28. The number of ether oxygens (including phenoxy) is 1. The van der Waals surface area contributed by atoms with Crippen molar-refractivity contribution in [1.29, 1.82) is 0 Å². The zero-order chi connectivity index (χ0) is 9.68. The van der Waals surface area contributed by atoms with Gasteiger partial charge in [-0.3, -0.25) is 0 Å². The summed E-state index contributed by atoms with van der Waals surface area (Å²) in [7, 11) is 3.74. The Kier molecular flexibility index (Phi) is 4.42. The summed E-state index contributed by atoms with van der Waals surface area (Å²) in [6.45, 7) is 3.12. The Balaban J connectivity index is 2.56. The second-order valence-electron chi connectivity index (χ2n) is 3.06. The highest BCUT2D eigenvalue weighted by atomic mass is 32.1. The van der Waals surface area contributed by atoms with Gasteiger partial charge >= 0.3 is 0 Å². The molecule has 1 unspecified atom stereocenters. The van der Waals surface area contributed by atoms with Crippen LogP contribution in [0.4, 0.5) is 0 Å². The molecule has 0 radical (unpaired) electrons. The molecule has 0 fully saturated rings. The number of hydrogen-bond donors (Lipinski definition) is 1. The largest absolute Gasteiger partial charge is 0.376 e. The quantitative estimate of drug-likeness (QED) is 0.786. The molecule has 1 heterocycles. The Morgan fingerprint density at radius 3 is 2.77 bits per heavy atom. The molecular formula is C10H17NOS. The first-order valence-electron chi connectivity index (χ1n) is 4.51. The van der Waals surface area contributed by atoms with Gasteiger partial charge in [-0.2, -0.15) is 0 Å². The lowest BCUT2D eigenvalue weighted by Crippen LogP contribution is -2.12. The highest BCUT2D eigenvalue weighted by Crippen LogP contribution is 2.27. The van der Waals surface area contributed by atoms with Crippen LogP contribution in [0.25, 0.3) is 0 Å². The average Bonchev–Trinajstić information content (AvgIpc) is 2.54. The van der Waals surface area contributed by atoms with Crippen molar-refractivity contribution in [2.75, 3.05) is 20.7 Å². The minimum Gasteiger partial charge on any atom is -0.376 e. The van der Waals surface area contributed by atoms with Crippen LogP contribution in [0.3, 0.4) is 0 Å². The lowest BCUT2D eigenvalue weighted by atomic mass is 10.2. The van der Waals surface area contributed by atoms with Gasteiger partial charge in [-0.25, -0.2) is 0 Å². The molecule has 0 amide bonds. The molecule has 0 saturated carbocycles. The van der Waals surface area contributed by atoms with Gasteiger partial charge in [0.2, 0.25) is 0 Å². The molecule has 1 N–H and O–H groups in total. The molecule has 0 aromatic carbocycles. The van der Waals surface area contributed by atoms with E-state index in [0.717, 1.165) is 13.0 Å². The summed E-state index contributed by atoms with van der Waals surface area (Å²) in [5.41, 5.74) is 0. The highest BCUT2D eigenvalue weighted by molar-refractivity contribution is 7.12. The molecule has 0 aliphatic heterocycles. The number of nitrogens with one attached hydrogen (secondary N) is 1. The van der Waals surface area contributed by atoms with Crippen LogP contribution in [-0.2, 0) is 4.74 Å². The van der Waals surface area contributed by atoms with E-state index >= 15 is 0 Å². The van der Waals surface area contributed by atoms with E-state index in [0.29, 0.717) is 0 Å². The minimum atomic E-state index is 0.256. The van der Waals surface area contributed by atoms with Gasteiger partial charge in [0.15, 0.2) is 0 Å². The number of aryl methyl sites for hydroxylation is 1. The van der Waals surface area contributed by atoms with Crippen LogP contribution < -0.4 is 5.32 Å². The van der Waals surface area contributed by atoms with E-state index in [-0.39, 0.29) is 6.10 Å². The summed E-state index contributed by atoms with van der Waals surface area (Å²) in [4.78, 5) is 2.68. The van der Waals surface area contributed by atoms with Crippen LogP contribution in [0.1, 0.15) is 22.3 Å². The highest BCUT2D eigenvalue weighted by Gasteiger charge is 2.11. The van der Waals surface area contributed by atoms with E-state index in [1.54, 1.807) is 7.11 Å². The minimum absolute atomic E-state index is 0.256. The Bertz CT molecular complexity index is 247. The molecule has 13 heavy (non-hydrogen) atoms. The maximum atomic E-state index is 5.42. The van der Waals surface area contributed by atoms with Gasteiger partial charge in [0.1, 0.15) is 0 Å². The SMILES string of the molecule is CNCCC(OC)c1ccc(C)s1. The predicted octanol–water partition coefficient (Wildman–Crippen LogP) is 2.35. The number of rotatable bonds is 5. The van der Waals surface area contributed by atoms with Crippen LogP contribution >= 0.6 is 11.3 Å². The monoisotopic (exact) mass is 199 g/mol. The van der Waals surface area contributed by atoms with Gasteiger partial charge in [0.05, 0.1) is 6.10 Å². The first-order chi connectivity index (χ1) is 6.27. The maximum Gasteiger partial charge on any atom is 0.0925 e. The third-order valence-corrected chi connectivity index (χ3v) is 3.11. The van der Waals surface area contributed by atoms with E-state index in [9.17, 15) is 0 Å². The van der Waals surface area contributed by atoms with Crippen LogP contribution in [0, 0.1) is 6.92 Å². The summed E-state index contributed by atoms with van der Waals surface area (Å²) in [6.07, 6.45) is 1.29. The standard InChI is InChI=1S/C10H17NOS/c1-8-4-5-10(13-8)9(12-3)6-7-11-2/h4-5,9,11H,6-7H2,1-3H3. The average molecular weight is 199 g/mol. The summed E-state index contributed by atoms with van der Waals surface area (Å²) in [5, 5.41) is 3.13. The molecule has 3 heteroatoms. The predicted molar refractivity (Wildman–Crippen MR) is 57.3 cm³/mol. The molecule has 0 aliphatic rings. The molecule has 0 aliphatic carbocycles. The van der Waals surface area contributed by atoms with Crippen molar-refractivity contribution in [3.05, 3.63) is 21.9 Å². The van der Waals surface area contributed by atoms with Crippen LogP contribution in [0.5, 0.6) is 0 Å². The third-order valence-electron chi connectivity index (χ3n) is 2.02. The lowest BCUT2D eigenvalue weighted by molar-refractivity contribution is 0.0990. The van der Waals surface area contributed by atoms with Crippen molar-refractivity contribution in [3.8, 4) is 0 Å². The van der Waals surface area contributed by atoms with E-state index in [2.05, 4.69) is 24.4 Å². The van der Waals surface area contributed by atoms with Crippen molar-refractivity contribution in [3.63, 3.8) is 0 Å². The van der Waals surface area contributed by atoms with E-state index in [4.69, 9.17) is 4.74 Å². The summed E-state index contributed by atoms with van der Waals surface area (Å²) in [6, 6.07) is 4.30. The van der Waals surface area contributed by atoms with Gasteiger partial charge in [-0.05, 0) is 39.1 Å². The van der Waals surface area contributed by atoms with Crippen molar-refractivity contribution < 1.29 is 4.74 Å². The first-order valence-corrected chi connectivity index (χ1v) is 5.33. The van der Waals surface area contributed by atoms with E-state index in [1.165, 1.54) is 9.75 Å². The first kappa shape index (κ1) is 10.7. The molecule has 0 bridgehead atoms. The van der Waals surface area contributed by atoms with Crippen molar-refractivity contribution in [2.45, 2.75) is 19.4 Å². The van der Waals surface area contributed by atoms with Crippen molar-refractivity contribution in [2.24, 2.45) is 0 Å². The van der Waals surface area contributed by atoms with Crippen molar-refractivity contribution >= 4 is 11.3 Å². The molecule has 1 rings (SSSR count). The van der Waals surface area contributed by atoms with Crippen LogP contribution in [0.2, 0.25) is 0 Å². The van der Waals surface area contributed by atoms with Gasteiger partial charge in [0, 0.05) is 16.9 Å². The molecule has 2 nitrogen and oxygen atoms in total. The second kappa shape index (κ2) is 5.37. The fourth-order valence-electron chi connectivity index (χ4n) is 1.28. The number of hydrogen-bond acceptors (Lipinski definition) is 3. The normalized spacial score (nSPS) is 13.2. The molecular weight excluding hydrogens is 182 g/mol. The Morgan fingerprint density at radius 2 is 2.31 bits per heavy atom. The Morgan fingerprint density at radius 1 is 1.54 bits per heavy atom. The lowest BCUT2D eigenvalue weighted by Gasteiger charge is -2.12. The molecule has 0 saturated heterocycles. The second-order valence-corrected chi connectivity index (χ2v) is 4.38. The number of thiophene rings is 1. The van der Waals surface area contributed by atoms with Gasteiger partial charge in [-0.1, -0.05) is 0 Å². The topological polar surface area (TPSA) is 21.3 Å². The summed E-state index contributed by atoms with van der Waals surface area (Å²) in [5.74, 6) is 0. The van der Waals surface area contributed by atoms with Crippen LogP contribution in [-0.4, -0.2) is 20.7 Å². The smallest absolute Gasteiger partial charge is 0.0925 e. The van der Waals surface area contributed by atoms with Gasteiger partial charge in [0.25, 0.3) is 0 Å². The fraction of sp³-hybridized carbons (Fsp3) is 0.600. The van der Waals surface area contributed by atoms with Gasteiger partial charge in [-0.15, -0.1) is 11.3 Å². The zero-order valence-electron chi connectivity index (χ0n) is 8.46. The molecule has 1 aromatic heterocycles. The molecule has 1 aromatic rings. The Labute approximate surface area is 83.9 Å². The molecule has 74 valence electrons. The summed E-state index contributed by atoms with van der Waals surface area (Å²) < 4.78 is 5.42. The van der Waals surface area contributed by atoms with E-state index in [1.807, 2.05) is 18.4 Å². The fourth-order valence-corrected chi connectivity index (χ4v) is 2.27. The third kappa shape index (κ3) is 3.10.